The van der Waals surface area contributed by atoms with Gasteiger partial charge in [-0.25, -0.2) is 9.37 Å². The number of para-hydroxylation sites is 1. The Hall–Kier alpha value is -2.61. The standard InChI is InChI=1S/C21H22FN3O3/c22-17-7-3-1-5-15(17)19(26)13-25-20(14-24-9-11-28-12-10-24)23-18-8-4-2-6-16(18)21(25)27/h1-8,19,26H,9-14H2/t19-/m1/s1. The highest BCUT2D eigenvalue weighted by Gasteiger charge is 2.20. The minimum absolute atomic E-state index is 0.0583. The van der Waals surface area contributed by atoms with E-state index >= 15 is 0 Å². The fraction of sp³-hybridized carbons (Fsp3) is 0.333. The van der Waals surface area contributed by atoms with Crippen LogP contribution in [0, 0.1) is 5.82 Å². The summed E-state index contributed by atoms with van der Waals surface area (Å²) in [7, 11) is 0. The highest BCUT2D eigenvalue weighted by Crippen LogP contribution is 2.19. The van der Waals surface area contributed by atoms with Crippen molar-refractivity contribution in [2.75, 3.05) is 26.3 Å². The lowest BCUT2D eigenvalue weighted by molar-refractivity contribution is 0.0319. The van der Waals surface area contributed by atoms with E-state index in [9.17, 15) is 14.3 Å². The summed E-state index contributed by atoms with van der Waals surface area (Å²) in [6, 6.07) is 13.2. The van der Waals surface area contributed by atoms with Crippen LogP contribution in [-0.2, 0) is 17.8 Å². The fourth-order valence-corrected chi connectivity index (χ4v) is 3.50. The van der Waals surface area contributed by atoms with Crippen LogP contribution in [0.5, 0.6) is 0 Å². The number of fused-ring (bicyclic) bond motifs is 1. The molecule has 0 unspecified atom stereocenters. The summed E-state index contributed by atoms with van der Waals surface area (Å²) in [6.07, 6.45) is -1.15. The normalized spacial score (nSPS) is 16.4. The number of halogens is 1. The van der Waals surface area contributed by atoms with Crippen molar-refractivity contribution in [3.63, 3.8) is 0 Å². The van der Waals surface area contributed by atoms with E-state index in [4.69, 9.17) is 4.74 Å². The number of aliphatic hydroxyl groups excluding tert-OH is 1. The van der Waals surface area contributed by atoms with Crippen molar-refractivity contribution in [1.29, 1.82) is 0 Å². The van der Waals surface area contributed by atoms with Crippen LogP contribution in [0.1, 0.15) is 17.5 Å². The van der Waals surface area contributed by atoms with Crippen molar-refractivity contribution in [3.8, 4) is 0 Å². The van der Waals surface area contributed by atoms with E-state index in [-0.39, 0.29) is 17.7 Å². The second-order valence-electron chi connectivity index (χ2n) is 6.89. The van der Waals surface area contributed by atoms with Crippen molar-refractivity contribution in [2.45, 2.75) is 19.2 Å². The monoisotopic (exact) mass is 383 g/mol. The molecule has 0 spiro atoms. The second-order valence-corrected chi connectivity index (χ2v) is 6.89. The van der Waals surface area contributed by atoms with Gasteiger partial charge in [-0.2, -0.15) is 0 Å². The summed E-state index contributed by atoms with van der Waals surface area (Å²) in [6.45, 7) is 3.17. The molecular weight excluding hydrogens is 361 g/mol. The van der Waals surface area contributed by atoms with Gasteiger partial charge in [0.1, 0.15) is 11.6 Å². The smallest absolute Gasteiger partial charge is 0.261 e. The molecule has 0 saturated carbocycles. The van der Waals surface area contributed by atoms with Crippen molar-refractivity contribution < 1.29 is 14.2 Å². The molecule has 146 valence electrons. The van der Waals surface area contributed by atoms with Gasteiger partial charge in [0.15, 0.2) is 0 Å². The lowest BCUT2D eigenvalue weighted by Crippen LogP contribution is -2.38. The molecule has 1 saturated heterocycles. The van der Waals surface area contributed by atoms with Crippen LogP contribution in [0.4, 0.5) is 4.39 Å². The highest BCUT2D eigenvalue weighted by atomic mass is 19.1. The van der Waals surface area contributed by atoms with Crippen LogP contribution < -0.4 is 5.56 Å². The summed E-state index contributed by atoms with van der Waals surface area (Å²) in [5.74, 6) is 0.0625. The maximum atomic E-state index is 14.1. The number of nitrogens with zero attached hydrogens (tertiary/aromatic N) is 3. The van der Waals surface area contributed by atoms with E-state index in [0.717, 1.165) is 13.1 Å². The van der Waals surface area contributed by atoms with Gasteiger partial charge in [0.2, 0.25) is 0 Å². The molecule has 0 amide bonds. The Morgan fingerprint density at radius 1 is 1.11 bits per heavy atom. The van der Waals surface area contributed by atoms with Crippen LogP contribution in [-0.4, -0.2) is 45.9 Å². The van der Waals surface area contributed by atoms with Crippen molar-refractivity contribution in [3.05, 3.63) is 76.1 Å². The van der Waals surface area contributed by atoms with E-state index in [1.54, 1.807) is 30.3 Å². The summed E-state index contributed by atoms with van der Waals surface area (Å²) >= 11 is 0. The molecule has 2 heterocycles. The Morgan fingerprint density at radius 3 is 2.61 bits per heavy atom. The summed E-state index contributed by atoms with van der Waals surface area (Å²) in [4.78, 5) is 20.0. The maximum absolute atomic E-state index is 14.1. The minimum Gasteiger partial charge on any atom is -0.386 e. The molecular formula is C21H22FN3O3. The summed E-state index contributed by atoms with van der Waals surface area (Å²) < 4.78 is 20.9. The molecule has 4 rings (SSSR count). The minimum atomic E-state index is -1.15. The first-order chi connectivity index (χ1) is 13.6. The van der Waals surface area contributed by atoms with Crippen molar-refractivity contribution >= 4 is 10.9 Å². The Labute approximate surface area is 161 Å². The molecule has 1 fully saturated rings. The summed E-state index contributed by atoms with van der Waals surface area (Å²) in [5, 5.41) is 11.1. The summed E-state index contributed by atoms with van der Waals surface area (Å²) in [5.41, 5.74) is 0.552. The molecule has 0 radical (unpaired) electrons. The Bertz CT molecular complexity index is 1030. The second kappa shape index (κ2) is 8.18. The zero-order chi connectivity index (χ0) is 19.5. The molecule has 0 bridgehead atoms. The van der Waals surface area contributed by atoms with Crippen LogP contribution in [0.25, 0.3) is 10.9 Å². The van der Waals surface area contributed by atoms with Gasteiger partial charge in [-0.1, -0.05) is 30.3 Å². The first-order valence-corrected chi connectivity index (χ1v) is 9.34. The number of hydrogen-bond donors (Lipinski definition) is 1. The third-order valence-corrected chi connectivity index (χ3v) is 5.03. The number of ether oxygens (including phenoxy) is 1. The van der Waals surface area contributed by atoms with E-state index in [0.29, 0.717) is 36.5 Å². The molecule has 6 nitrogen and oxygen atoms in total. The van der Waals surface area contributed by atoms with Gasteiger partial charge in [0.25, 0.3) is 5.56 Å². The van der Waals surface area contributed by atoms with Gasteiger partial charge >= 0.3 is 0 Å². The molecule has 1 atom stereocenters. The number of aliphatic hydroxyl groups is 1. The molecule has 1 N–H and O–H groups in total. The average molecular weight is 383 g/mol. The SMILES string of the molecule is O=c1c2ccccc2nc(CN2CCOCC2)n1C[C@@H](O)c1ccccc1F. The van der Waals surface area contributed by atoms with E-state index in [1.807, 2.05) is 6.07 Å². The Balaban J connectivity index is 1.74. The first-order valence-electron chi connectivity index (χ1n) is 9.34. The molecule has 1 aromatic heterocycles. The van der Waals surface area contributed by atoms with Crippen LogP contribution in [0.3, 0.4) is 0 Å². The number of morpholine rings is 1. The number of aromatic nitrogens is 2. The van der Waals surface area contributed by atoms with Crippen LogP contribution in [0.2, 0.25) is 0 Å². The Morgan fingerprint density at radius 2 is 1.82 bits per heavy atom. The molecule has 28 heavy (non-hydrogen) atoms. The highest BCUT2D eigenvalue weighted by molar-refractivity contribution is 5.77. The third-order valence-electron chi connectivity index (χ3n) is 5.03. The topological polar surface area (TPSA) is 67.6 Å². The zero-order valence-corrected chi connectivity index (χ0v) is 15.4. The first kappa shape index (κ1) is 18.7. The van der Waals surface area contributed by atoms with E-state index < -0.39 is 11.9 Å². The van der Waals surface area contributed by atoms with Gasteiger partial charge in [0, 0.05) is 18.7 Å². The molecule has 1 aliphatic heterocycles. The fourth-order valence-electron chi connectivity index (χ4n) is 3.50. The molecule has 7 heteroatoms. The number of benzene rings is 2. The van der Waals surface area contributed by atoms with E-state index in [1.165, 1.54) is 16.7 Å². The van der Waals surface area contributed by atoms with Gasteiger partial charge in [0.05, 0.1) is 43.3 Å². The predicted octanol–water partition coefficient (Wildman–Crippen LogP) is 2.10. The van der Waals surface area contributed by atoms with Gasteiger partial charge in [-0.15, -0.1) is 0 Å². The van der Waals surface area contributed by atoms with Crippen LogP contribution in [0.15, 0.2) is 53.3 Å². The predicted molar refractivity (Wildman–Crippen MR) is 103 cm³/mol. The van der Waals surface area contributed by atoms with Crippen molar-refractivity contribution in [2.24, 2.45) is 0 Å². The molecule has 1 aliphatic rings. The van der Waals surface area contributed by atoms with E-state index in [2.05, 4.69) is 9.88 Å². The van der Waals surface area contributed by atoms with Crippen molar-refractivity contribution in [1.82, 2.24) is 14.5 Å². The number of rotatable bonds is 5. The Kier molecular flexibility index (Phi) is 5.47. The third kappa shape index (κ3) is 3.82. The largest absolute Gasteiger partial charge is 0.386 e. The number of hydrogen-bond acceptors (Lipinski definition) is 5. The van der Waals surface area contributed by atoms with Gasteiger partial charge in [-0.05, 0) is 18.2 Å². The lowest BCUT2D eigenvalue weighted by Gasteiger charge is -2.27. The maximum Gasteiger partial charge on any atom is 0.261 e. The molecule has 0 aliphatic carbocycles. The van der Waals surface area contributed by atoms with Crippen LogP contribution >= 0.6 is 0 Å². The quantitative estimate of drug-likeness (QED) is 0.731. The average Bonchev–Trinajstić information content (AvgIpc) is 2.72. The zero-order valence-electron chi connectivity index (χ0n) is 15.4. The van der Waals surface area contributed by atoms with Gasteiger partial charge < -0.3 is 9.84 Å². The van der Waals surface area contributed by atoms with Gasteiger partial charge in [-0.3, -0.25) is 14.3 Å². The molecule has 3 aromatic rings. The lowest BCUT2D eigenvalue weighted by atomic mass is 10.1. The molecule has 2 aromatic carbocycles.